The van der Waals surface area contributed by atoms with E-state index in [0.29, 0.717) is 12.8 Å². The van der Waals surface area contributed by atoms with E-state index < -0.39 is 38.6 Å². The highest BCUT2D eigenvalue weighted by atomic mass is 31.2. The molecule has 0 aliphatic carbocycles. The minimum absolute atomic E-state index is 0.0597. The van der Waals surface area contributed by atoms with E-state index in [2.05, 4.69) is 43.5 Å². The number of rotatable bonds is 43. The molecule has 1 amide bonds. The van der Waals surface area contributed by atoms with Crippen LogP contribution in [0, 0.1) is 0 Å². The molecule has 0 heterocycles. The molecule has 1 unspecified atom stereocenters. The van der Waals surface area contributed by atoms with Crippen LogP contribution in [0.25, 0.3) is 0 Å². The van der Waals surface area contributed by atoms with Crippen LogP contribution >= 0.6 is 7.82 Å². The number of hydrogen-bond acceptors (Lipinski definition) is 10. The van der Waals surface area contributed by atoms with Crippen LogP contribution in [-0.2, 0) is 42.1 Å². The number of ether oxygens (including phenoxy) is 4. The van der Waals surface area contributed by atoms with Crippen molar-refractivity contribution >= 4 is 25.9 Å². The van der Waals surface area contributed by atoms with E-state index in [0.717, 1.165) is 70.6 Å². The zero-order valence-electron chi connectivity index (χ0n) is 36.9. The van der Waals surface area contributed by atoms with Crippen molar-refractivity contribution in [2.75, 3.05) is 46.7 Å². The molecule has 0 aromatic heterocycles. The lowest BCUT2D eigenvalue weighted by molar-refractivity contribution is -0.161. The van der Waals surface area contributed by atoms with Gasteiger partial charge in [0, 0.05) is 26.5 Å². The highest BCUT2D eigenvalue weighted by Gasteiger charge is 2.26. The van der Waals surface area contributed by atoms with Crippen molar-refractivity contribution < 1.29 is 51.8 Å². The maximum absolute atomic E-state index is 12.7. The Bertz CT molecular complexity index is 1070. The van der Waals surface area contributed by atoms with Gasteiger partial charge in [-0.1, -0.05) is 141 Å². The fourth-order valence-corrected chi connectivity index (χ4v) is 6.85. The van der Waals surface area contributed by atoms with Gasteiger partial charge in [0.25, 0.3) is 0 Å². The van der Waals surface area contributed by atoms with Crippen molar-refractivity contribution in [3.8, 4) is 0 Å². The molecule has 0 saturated heterocycles. The molecule has 13 heteroatoms. The number of amides is 1. The minimum atomic E-state index is -4.58. The maximum atomic E-state index is 12.7. The third-order valence-corrected chi connectivity index (χ3v) is 10.6. The lowest BCUT2D eigenvalue weighted by Gasteiger charge is -2.20. The van der Waals surface area contributed by atoms with Gasteiger partial charge in [-0.05, 0) is 64.2 Å². The van der Waals surface area contributed by atoms with Gasteiger partial charge in [0.15, 0.2) is 6.10 Å². The van der Waals surface area contributed by atoms with E-state index in [-0.39, 0.29) is 45.8 Å². The molecule has 0 aliphatic rings. The fourth-order valence-electron chi connectivity index (χ4n) is 6.10. The summed E-state index contributed by atoms with van der Waals surface area (Å²) in [5.41, 5.74) is 0. The van der Waals surface area contributed by atoms with Crippen LogP contribution in [0.5, 0.6) is 0 Å². The second-order valence-electron chi connectivity index (χ2n) is 15.1. The number of nitrogens with one attached hydrogen (secondary N) is 1. The van der Waals surface area contributed by atoms with Gasteiger partial charge >= 0.3 is 25.9 Å². The summed E-state index contributed by atoms with van der Waals surface area (Å²) >= 11 is 0. The molecule has 12 nitrogen and oxygen atoms in total. The van der Waals surface area contributed by atoms with E-state index in [1.54, 1.807) is 0 Å². The summed E-state index contributed by atoms with van der Waals surface area (Å²) in [7, 11) is -3.10. The summed E-state index contributed by atoms with van der Waals surface area (Å²) in [4.78, 5) is 47.0. The van der Waals surface area contributed by atoms with Crippen molar-refractivity contribution in [2.45, 2.75) is 200 Å². The highest BCUT2D eigenvalue weighted by Crippen LogP contribution is 2.43. The quantitative estimate of drug-likeness (QED) is 0.0198. The molecule has 58 heavy (non-hydrogen) atoms. The summed E-state index contributed by atoms with van der Waals surface area (Å²) < 4.78 is 43.1. The molecule has 340 valence electrons. The van der Waals surface area contributed by atoms with E-state index in [9.17, 15) is 23.8 Å². The molecule has 0 aliphatic heterocycles. The minimum Gasteiger partial charge on any atom is -0.462 e. The predicted octanol–water partition coefficient (Wildman–Crippen LogP) is 12.0. The van der Waals surface area contributed by atoms with Crippen LogP contribution in [0.1, 0.15) is 194 Å². The molecule has 0 spiro atoms. The van der Waals surface area contributed by atoms with Gasteiger partial charge in [-0.15, -0.1) is 0 Å². The Kier molecular flexibility index (Phi) is 41.2. The van der Waals surface area contributed by atoms with E-state index >= 15 is 0 Å². The summed E-state index contributed by atoms with van der Waals surface area (Å²) in [6, 6.07) is 0. The third kappa shape index (κ3) is 41.9. The average molecular weight is 846 g/mol. The highest BCUT2D eigenvalue weighted by molar-refractivity contribution is 7.47. The zero-order valence-corrected chi connectivity index (χ0v) is 37.8. The molecular formula is C45H84NO11P. The lowest BCUT2D eigenvalue weighted by atomic mass is 10.1. The smallest absolute Gasteiger partial charge is 0.462 e. The van der Waals surface area contributed by atoms with E-state index in [1.165, 1.54) is 90.6 Å². The van der Waals surface area contributed by atoms with Gasteiger partial charge in [-0.25, -0.2) is 9.36 Å². The van der Waals surface area contributed by atoms with Crippen LogP contribution in [-0.4, -0.2) is 75.7 Å². The standard InChI is InChI=1S/C45H84NO11P/c1-4-6-8-10-12-14-16-18-20-22-24-26-28-30-32-34-43(47)54-40-42(41-56-58(50,51)55-37-36-46-45(49)53-39-38-52-3)57-44(48)35-33-31-29-27-25-23-21-19-17-15-13-11-9-7-5-2/h18-21,42H,4-17,22-41H2,1-3H3,(H,46,49)(H,50,51)/b20-18-,21-19-/t42-/m1/s1. The molecule has 0 aromatic carbocycles. The molecule has 0 fully saturated rings. The predicted molar refractivity (Wildman–Crippen MR) is 233 cm³/mol. The lowest BCUT2D eigenvalue weighted by Crippen LogP contribution is -2.30. The first-order chi connectivity index (χ1) is 28.2. The number of methoxy groups -OCH3 is 1. The van der Waals surface area contributed by atoms with Gasteiger partial charge in [0.2, 0.25) is 0 Å². The molecule has 0 saturated carbocycles. The number of phosphoric acid groups is 1. The van der Waals surface area contributed by atoms with Gasteiger partial charge in [-0.2, -0.15) is 0 Å². The van der Waals surface area contributed by atoms with Crippen molar-refractivity contribution in [3.05, 3.63) is 24.3 Å². The van der Waals surface area contributed by atoms with Crippen LogP contribution < -0.4 is 5.32 Å². The Morgan fingerprint density at radius 2 is 1.00 bits per heavy atom. The molecule has 0 rings (SSSR count). The van der Waals surface area contributed by atoms with Crippen LogP contribution in [0.2, 0.25) is 0 Å². The molecule has 2 atom stereocenters. The average Bonchev–Trinajstić information content (AvgIpc) is 3.20. The number of hydrogen-bond donors (Lipinski definition) is 2. The molecule has 2 N–H and O–H groups in total. The molecule has 0 aromatic rings. The Morgan fingerprint density at radius 3 is 1.48 bits per heavy atom. The summed E-state index contributed by atoms with van der Waals surface area (Å²) in [6.45, 7) is 3.51. The molecule has 0 radical (unpaired) electrons. The number of phosphoric ester groups is 1. The maximum Gasteiger partial charge on any atom is 0.472 e. The molecule has 0 bridgehead atoms. The number of allylic oxidation sites excluding steroid dienone is 4. The van der Waals surface area contributed by atoms with Crippen molar-refractivity contribution in [3.63, 3.8) is 0 Å². The number of unbranched alkanes of at least 4 members (excludes halogenated alkanes) is 22. The first-order valence-corrected chi connectivity index (χ1v) is 24.4. The number of alkyl carbamates (subject to hydrolysis) is 1. The van der Waals surface area contributed by atoms with Gasteiger partial charge in [-0.3, -0.25) is 18.6 Å². The topological polar surface area (TPSA) is 156 Å². The van der Waals surface area contributed by atoms with E-state index in [4.69, 9.17) is 28.0 Å². The normalized spacial score (nSPS) is 13.2. The Labute approximate surface area is 352 Å². The van der Waals surface area contributed by atoms with Crippen LogP contribution in [0.15, 0.2) is 24.3 Å². The van der Waals surface area contributed by atoms with Crippen LogP contribution in [0.4, 0.5) is 4.79 Å². The summed E-state index contributed by atoms with van der Waals surface area (Å²) in [6.07, 6.45) is 37.7. The first kappa shape index (κ1) is 55.8. The first-order valence-electron chi connectivity index (χ1n) is 22.9. The number of carbonyl (C=O) groups is 3. The SMILES string of the molecule is CCCCCCCC/C=C\CCCCCCCC(=O)OC[C@H](COP(=O)(O)OCCNC(=O)OCCOC)OC(=O)CCCCCCC/C=C\CCCCCCCC. The Balaban J connectivity index is 4.50. The molecular weight excluding hydrogens is 761 g/mol. The van der Waals surface area contributed by atoms with Gasteiger partial charge in [0.1, 0.15) is 13.2 Å². The second kappa shape index (κ2) is 42.9. The monoisotopic (exact) mass is 846 g/mol. The van der Waals surface area contributed by atoms with Crippen molar-refractivity contribution in [1.29, 1.82) is 0 Å². The Morgan fingerprint density at radius 1 is 0.552 bits per heavy atom. The van der Waals surface area contributed by atoms with Gasteiger partial charge < -0.3 is 29.2 Å². The van der Waals surface area contributed by atoms with Crippen molar-refractivity contribution in [2.24, 2.45) is 0 Å². The second-order valence-corrected chi connectivity index (χ2v) is 16.6. The summed E-state index contributed by atoms with van der Waals surface area (Å²) in [5, 5.41) is 2.38. The van der Waals surface area contributed by atoms with Crippen molar-refractivity contribution in [1.82, 2.24) is 5.32 Å². The largest absolute Gasteiger partial charge is 0.472 e. The van der Waals surface area contributed by atoms with Gasteiger partial charge in [0.05, 0.1) is 19.8 Å². The van der Waals surface area contributed by atoms with Crippen LogP contribution in [0.3, 0.4) is 0 Å². The summed E-state index contributed by atoms with van der Waals surface area (Å²) in [5.74, 6) is -0.924. The fraction of sp³-hybridized carbons (Fsp3) is 0.844. The van der Waals surface area contributed by atoms with E-state index in [1.807, 2.05) is 0 Å². The Hall–Kier alpha value is -2.24. The number of esters is 2. The zero-order chi connectivity index (χ0) is 42.6. The number of carbonyl (C=O) groups excluding carboxylic acids is 3. The third-order valence-electron chi connectivity index (χ3n) is 9.58.